The minimum absolute atomic E-state index is 0.216. The van der Waals surface area contributed by atoms with Crippen molar-refractivity contribution in [1.82, 2.24) is 10.3 Å². The third-order valence-electron chi connectivity index (χ3n) is 4.04. The number of rotatable bonds is 6. The zero-order valence-electron chi connectivity index (χ0n) is 15.1. The van der Waals surface area contributed by atoms with Crippen molar-refractivity contribution >= 4 is 52.1 Å². The summed E-state index contributed by atoms with van der Waals surface area (Å²) in [5.41, 5.74) is 2.27. The maximum atomic E-state index is 12.3. The highest BCUT2D eigenvalue weighted by molar-refractivity contribution is 6.39. The number of aromatic nitrogens is 1. The molecule has 5 nitrogen and oxygen atoms in total. The molecule has 144 valence electrons. The lowest BCUT2D eigenvalue weighted by atomic mass is 10.1. The van der Waals surface area contributed by atoms with Crippen molar-refractivity contribution in [2.75, 3.05) is 6.61 Å². The van der Waals surface area contributed by atoms with Crippen molar-refractivity contribution in [3.05, 3.63) is 75.4 Å². The number of carbonyl (C=O) groups is 2. The van der Waals surface area contributed by atoms with Crippen molar-refractivity contribution in [1.29, 1.82) is 0 Å². The number of amides is 1. The first-order valence-electron chi connectivity index (χ1n) is 8.67. The van der Waals surface area contributed by atoms with Crippen LogP contribution in [0.4, 0.5) is 0 Å². The Kier molecular flexibility index (Phi) is 6.39. The number of hydrogen-bond acceptors (Lipinski definition) is 3. The summed E-state index contributed by atoms with van der Waals surface area (Å²) in [4.78, 5) is 27.5. The van der Waals surface area contributed by atoms with Crippen LogP contribution in [-0.2, 0) is 16.1 Å². The summed E-state index contributed by atoms with van der Waals surface area (Å²) in [5, 5.41) is 4.21. The Morgan fingerprint density at radius 1 is 1.18 bits per heavy atom. The van der Waals surface area contributed by atoms with Crippen LogP contribution in [0.1, 0.15) is 28.5 Å². The first kappa shape index (κ1) is 20.0. The first-order chi connectivity index (χ1) is 13.5. The molecule has 0 bridgehead atoms. The van der Waals surface area contributed by atoms with Gasteiger partial charge in [-0.25, -0.2) is 4.79 Å². The fourth-order valence-corrected chi connectivity index (χ4v) is 3.40. The first-order valence-corrected chi connectivity index (χ1v) is 9.43. The largest absolute Gasteiger partial charge is 0.461 e. The molecule has 2 N–H and O–H groups in total. The van der Waals surface area contributed by atoms with Gasteiger partial charge in [0.2, 0.25) is 5.91 Å². The van der Waals surface area contributed by atoms with Crippen LogP contribution in [-0.4, -0.2) is 23.5 Å². The molecular formula is C21H18Cl2N2O3. The van der Waals surface area contributed by atoms with Gasteiger partial charge >= 0.3 is 5.97 Å². The summed E-state index contributed by atoms with van der Waals surface area (Å²) in [6.07, 6.45) is 2.91. The van der Waals surface area contributed by atoms with Crippen molar-refractivity contribution < 1.29 is 14.3 Å². The highest BCUT2D eigenvalue weighted by Crippen LogP contribution is 2.33. The monoisotopic (exact) mass is 416 g/mol. The van der Waals surface area contributed by atoms with Crippen LogP contribution >= 0.6 is 23.2 Å². The fraction of sp³-hybridized carbons (Fsp3) is 0.143. The number of carbonyl (C=O) groups excluding carboxylic acids is 2. The molecule has 2 aromatic carbocycles. The normalized spacial score (nSPS) is 11.1. The molecule has 0 spiro atoms. The lowest BCUT2D eigenvalue weighted by Crippen LogP contribution is -2.20. The van der Waals surface area contributed by atoms with E-state index in [2.05, 4.69) is 10.3 Å². The molecule has 0 aliphatic heterocycles. The Morgan fingerprint density at radius 3 is 2.64 bits per heavy atom. The van der Waals surface area contributed by atoms with Crippen LogP contribution in [0.15, 0.2) is 48.5 Å². The number of benzene rings is 2. The molecule has 0 atom stereocenters. The highest BCUT2D eigenvalue weighted by atomic mass is 35.5. The number of aromatic amines is 1. The minimum atomic E-state index is -0.532. The molecule has 0 aliphatic carbocycles. The smallest absolute Gasteiger partial charge is 0.355 e. The molecule has 1 aromatic heterocycles. The highest BCUT2D eigenvalue weighted by Gasteiger charge is 2.19. The molecule has 1 amide bonds. The maximum Gasteiger partial charge on any atom is 0.355 e. The van der Waals surface area contributed by atoms with Gasteiger partial charge in [-0.3, -0.25) is 4.79 Å². The zero-order valence-corrected chi connectivity index (χ0v) is 16.6. The summed E-state index contributed by atoms with van der Waals surface area (Å²) in [5.74, 6) is -0.826. The van der Waals surface area contributed by atoms with Gasteiger partial charge in [0.25, 0.3) is 0 Å². The number of halogens is 2. The Balaban J connectivity index is 1.89. The van der Waals surface area contributed by atoms with E-state index in [9.17, 15) is 9.59 Å². The fourth-order valence-electron chi connectivity index (χ4n) is 2.81. The molecular weight excluding hydrogens is 399 g/mol. The van der Waals surface area contributed by atoms with E-state index in [1.54, 1.807) is 25.1 Å². The molecule has 0 aliphatic rings. The predicted octanol–water partition coefficient (Wildman–Crippen LogP) is 4.98. The predicted molar refractivity (Wildman–Crippen MR) is 112 cm³/mol. The van der Waals surface area contributed by atoms with Crippen LogP contribution in [0.2, 0.25) is 10.0 Å². The van der Waals surface area contributed by atoms with E-state index >= 15 is 0 Å². The third-order valence-corrected chi connectivity index (χ3v) is 4.56. The number of hydrogen-bond donors (Lipinski definition) is 2. The van der Waals surface area contributed by atoms with Crippen LogP contribution in [0, 0.1) is 0 Å². The van der Waals surface area contributed by atoms with Crippen molar-refractivity contribution in [2.45, 2.75) is 13.5 Å². The zero-order chi connectivity index (χ0) is 20.1. The number of ether oxygens (including phenoxy) is 1. The summed E-state index contributed by atoms with van der Waals surface area (Å²) in [7, 11) is 0. The van der Waals surface area contributed by atoms with E-state index < -0.39 is 5.97 Å². The number of fused-ring (bicyclic) bond motifs is 1. The maximum absolute atomic E-state index is 12.3. The molecule has 0 radical (unpaired) electrons. The van der Waals surface area contributed by atoms with Gasteiger partial charge in [-0.15, -0.1) is 0 Å². The summed E-state index contributed by atoms with van der Waals surface area (Å²) in [6.45, 7) is 2.35. The van der Waals surface area contributed by atoms with E-state index in [0.29, 0.717) is 33.1 Å². The second-order valence-corrected chi connectivity index (χ2v) is 6.82. The van der Waals surface area contributed by atoms with Crippen LogP contribution in [0.5, 0.6) is 0 Å². The Labute approximate surface area is 172 Å². The number of nitrogens with one attached hydrogen (secondary N) is 2. The van der Waals surface area contributed by atoms with E-state index in [0.717, 1.165) is 5.56 Å². The molecule has 0 saturated carbocycles. The van der Waals surface area contributed by atoms with Gasteiger partial charge in [-0.05, 0) is 30.7 Å². The van der Waals surface area contributed by atoms with Gasteiger partial charge < -0.3 is 15.0 Å². The van der Waals surface area contributed by atoms with Gasteiger partial charge in [0.1, 0.15) is 5.69 Å². The Bertz CT molecular complexity index is 1040. The van der Waals surface area contributed by atoms with E-state index in [-0.39, 0.29) is 18.2 Å². The number of H-pyrrole nitrogens is 1. The third kappa shape index (κ3) is 4.55. The van der Waals surface area contributed by atoms with Gasteiger partial charge in [0, 0.05) is 34.1 Å². The van der Waals surface area contributed by atoms with E-state index in [1.807, 2.05) is 30.3 Å². The van der Waals surface area contributed by atoms with Gasteiger partial charge in [-0.1, -0.05) is 53.5 Å². The molecule has 0 saturated heterocycles. The SMILES string of the molecule is CCOC(=O)c1[nH]c2cc(Cl)cc(Cl)c2c1/C=C/C(=O)NCc1ccccc1. The molecule has 3 rings (SSSR count). The lowest BCUT2D eigenvalue weighted by Gasteiger charge is -2.03. The standard InChI is InChI=1S/C21H18Cl2N2O3/c1-2-28-21(27)20-15(19-16(23)10-14(22)11-17(19)25-20)8-9-18(26)24-12-13-6-4-3-5-7-13/h3-11,25H,2,12H2,1H3,(H,24,26)/b9-8+. The average Bonchev–Trinajstić information content (AvgIpc) is 3.04. The van der Waals surface area contributed by atoms with Gasteiger partial charge in [-0.2, -0.15) is 0 Å². The quantitative estimate of drug-likeness (QED) is 0.439. The lowest BCUT2D eigenvalue weighted by molar-refractivity contribution is -0.116. The minimum Gasteiger partial charge on any atom is -0.461 e. The summed E-state index contributed by atoms with van der Waals surface area (Å²) >= 11 is 12.4. The van der Waals surface area contributed by atoms with Crippen molar-refractivity contribution in [3.63, 3.8) is 0 Å². The summed E-state index contributed by atoms with van der Waals surface area (Å²) < 4.78 is 5.10. The van der Waals surface area contributed by atoms with Crippen molar-refractivity contribution in [2.24, 2.45) is 0 Å². The van der Waals surface area contributed by atoms with E-state index in [4.69, 9.17) is 27.9 Å². The van der Waals surface area contributed by atoms with Crippen LogP contribution < -0.4 is 5.32 Å². The average molecular weight is 417 g/mol. The number of esters is 1. The van der Waals surface area contributed by atoms with Gasteiger partial charge in [0.15, 0.2) is 0 Å². The summed E-state index contributed by atoms with van der Waals surface area (Å²) in [6, 6.07) is 12.8. The molecule has 1 heterocycles. The molecule has 0 unspecified atom stereocenters. The van der Waals surface area contributed by atoms with Crippen molar-refractivity contribution in [3.8, 4) is 0 Å². The molecule has 28 heavy (non-hydrogen) atoms. The molecule has 7 heteroatoms. The van der Waals surface area contributed by atoms with Gasteiger partial charge in [0.05, 0.1) is 11.6 Å². The second kappa shape index (κ2) is 8.95. The Morgan fingerprint density at radius 2 is 1.93 bits per heavy atom. The molecule has 0 fully saturated rings. The topological polar surface area (TPSA) is 71.2 Å². The second-order valence-electron chi connectivity index (χ2n) is 5.98. The molecule has 3 aromatic rings. The van der Waals surface area contributed by atoms with Crippen LogP contribution in [0.3, 0.4) is 0 Å². The van der Waals surface area contributed by atoms with E-state index in [1.165, 1.54) is 6.08 Å². The van der Waals surface area contributed by atoms with Crippen LogP contribution in [0.25, 0.3) is 17.0 Å². The Hall–Kier alpha value is -2.76.